The summed E-state index contributed by atoms with van der Waals surface area (Å²) in [7, 11) is 25.8. The van der Waals surface area contributed by atoms with Crippen LogP contribution in [0.1, 0.15) is 0 Å². The number of hydrogen-bond donors (Lipinski definition) is 0. The molecule has 0 fully saturated rings. The normalized spacial score (nSPS) is 13.4. The van der Waals surface area contributed by atoms with E-state index in [4.69, 9.17) is 0 Å². The van der Waals surface area contributed by atoms with Crippen molar-refractivity contribution in [2.24, 2.45) is 0 Å². The van der Waals surface area contributed by atoms with E-state index in [1.54, 1.807) is 0 Å². The molecule has 0 bridgehead atoms. The Morgan fingerprint density at radius 1 is 0.226 bits per heavy atom. The molecular formula is C21H54N10. The standard InChI is InChI=1S/C21H54N10/c1-22(2)13-24(5)15-26(7)17-28(9)19-30(11)21-31(12)20-29(10)18-27(8)16-25(6)14-23(3)4/h13-21H2,1-12H3. The summed E-state index contributed by atoms with van der Waals surface area (Å²) in [6.07, 6.45) is 0. The first-order valence-corrected chi connectivity index (χ1v) is 11.1. The lowest BCUT2D eigenvalue weighted by Gasteiger charge is -2.34. The van der Waals surface area contributed by atoms with Crippen LogP contribution in [-0.4, -0.2) is 194 Å². The molecular weight excluding hydrogens is 392 g/mol. The second-order valence-electron chi connectivity index (χ2n) is 10.3. The summed E-state index contributed by atoms with van der Waals surface area (Å²) in [5.74, 6) is 0. The van der Waals surface area contributed by atoms with Crippen LogP contribution < -0.4 is 0 Å². The maximum absolute atomic E-state index is 2.36. The zero-order valence-electron chi connectivity index (χ0n) is 22.8. The summed E-state index contributed by atoms with van der Waals surface area (Å²) >= 11 is 0. The van der Waals surface area contributed by atoms with Crippen LogP contribution in [0, 0.1) is 0 Å². The highest BCUT2D eigenvalue weighted by Crippen LogP contribution is 1.98. The largest absolute Gasteiger partial charge is 0.297 e. The fourth-order valence-corrected chi connectivity index (χ4v) is 4.21. The maximum Gasteiger partial charge on any atom is 0.0523 e. The molecule has 0 radical (unpaired) electrons. The first kappa shape index (κ1) is 30.6. The average molecular weight is 447 g/mol. The minimum Gasteiger partial charge on any atom is -0.297 e. The van der Waals surface area contributed by atoms with E-state index >= 15 is 0 Å². The van der Waals surface area contributed by atoms with Gasteiger partial charge in [-0.05, 0) is 84.6 Å². The smallest absolute Gasteiger partial charge is 0.0523 e. The molecule has 0 saturated heterocycles. The molecule has 0 heterocycles. The summed E-state index contributed by atoms with van der Waals surface area (Å²) in [5, 5.41) is 0. The summed E-state index contributed by atoms with van der Waals surface area (Å²) in [6, 6.07) is 0. The van der Waals surface area contributed by atoms with E-state index in [0.29, 0.717) is 0 Å². The van der Waals surface area contributed by atoms with Gasteiger partial charge in [0.25, 0.3) is 0 Å². The summed E-state index contributed by atoms with van der Waals surface area (Å²) in [5.41, 5.74) is 0. The van der Waals surface area contributed by atoms with Crippen molar-refractivity contribution in [2.45, 2.75) is 0 Å². The predicted molar refractivity (Wildman–Crippen MR) is 133 cm³/mol. The maximum atomic E-state index is 2.36. The first-order chi connectivity index (χ1) is 14.3. The van der Waals surface area contributed by atoms with Gasteiger partial charge in [-0.25, -0.2) is 0 Å². The van der Waals surface area contributed by atoms with Gasteiger partial charge in [0.05, 0.1) is 60.0 Å². The van der Waals surface area contributed by atoms with Gasteiger partial charge in [0.15, 0.2) is 0 Å². The Hall–Kier alpha value is -0.400. The molecule has 0 aromatic carbocycles. The van der Waals surface area contributed by atoms with Gasteiger partial charge in [-0.2, -0.15) is 0 Å². The molecule has 10 nitrogen and oxygen atoms in total. The highest BCUT2D eigenvalue weighted by molar-refractivity contribution is 4.58. The van der Waals surface area contributed by atoms with Gasteiger partial charge in [-0.3, -0.25) is 49.0 Å². The Kier molecular flexibility index (Phi) is 16.0. The zero-order chi connectivity index (χ0) is 24.1. The van der Waals surface area contributed by atoms with Gasteiger partial charge in [0.2, 0.25) is 0 Å². The molecule has 0 aliphatic rings. The van der Waals surface area contributed by atoms with Crippen molar-refractivity contribution in [1.82, 2.24) is 49.0 Å². The van der Waals surface area contributed by atoms with E-state index in [0.717, 1.165) is 60.0 Å². The zero-order valence-corrected chi connectivity index (χ0v) is 22.8. The van der Waals surface area contributed by atoms with E-state index in [-0.39, 0.29) is 0 Å². The summed E-state index contributed by atoms with van der Waals surface area (Å²) in [6.45, 7) is 8.52. The second-order valence-corrected chi connectivity index (χ2v) is 10.3. The topological polar surface area (TPSA) is 32.4 Å². The lowest BCUT2D eigenvalue weighted by molar-refractivity contribution is 0.0328. The molecule has 0 aliphatic heterocycles. The van der Waals surface area contributed by atoms with E-state index < -0.39 is 0 Å². The molecule has 0 aliphatic carbocycles. The number of hydrogen-bond acceptors (Lipinski definition) is 10. The minimum absolute atomic E-state index is 0.934. The summed E-state index contributed by atoms with van der Waals surface area (Å²) < 4.78 is 0. The lowest BCUT2D eigenvalue weighted by Crippen LogP contribution is -2.48. The Labute approximate surface area is 194 Å². The van der Waals surface area contributed by atoms with Crippen LogP contribution in [0.25, 0.3) is 0 Å². The van der Waals surface area contributed by atoms with Gasteiger partial charge < -0.3 is 0 Å². The molecule has 0 atom stereocenters. The second kappa shape index (κ2) is 16.2. The highest BCUT2D eigenvalue weighted by atomic mass is 15.5. The average Bonchev–Trinajstić information content (AvgIpc) is 2.50. The van der Waals surface area contributed by atoms with Crippen molar-refractivity contribution in [3.8, 4) is 0 Å². The molecule has 0 amide bonds. The van der Waals surface area contributed by atoms with Crippen molar-refractivity contribution in [3.63, 3.8) is 0 Å². The van der Waals surface area contributed by atoms with E-state index in [2.05, 4.69) is 134 Å². The van der Waals surface area contributed by atoms with Crippen molar-refractivity contribution < 1.29 is 0 Å². The van der Waals surface area contributed by atoms with Crippen molar-refractivity contribution in [1.29, 1.82) is 0 Å². The van der Waals surface area contributed by atoms with Crippen molar-refractivity contribution in [3.05, 3.63) is 0 Å². The van der Waals surface area contributed by atoms with Gasteiger partial charge in [-0.1, -0.05) is 0 Å². The van der Waals surface area contributed by atoms with E-state index in [1.807, 2.05) is 0 Å². The molecule has 0 unspecified atom stereocenters. The van der Waals surface area contributed by atoms with Crippen LogP contribution >= 0.6 is 0 Å². The van der Waals surface area contributed by atoms with Gasteiger partial charge in [-0.15, -0.1) is 0 Å². The SMILES string of the molecule is CN(C)CN(C)CN(C)CN(C)CN(C)CN(C)CN(C)CN(C)CN(C)CN(C)C. The quantitative estimate of drug-likeness (QED) is 0.249. The van der Waals surface area contributed by atoms with Gasteiger partial charge in [0.1, 0.15) is 0 Å². The highest BCUT2D eigenvalue weighted by Gasteiger charge is 2.12. The predicted octanol–water partition coefficient (Wildman–Crippen LogP) is -0.818. The van der Waals surface area contributed by atoms with Gasteiger partial charge in [0, 0.05) is 0 Å². The fraction of sp³-hybridized carbons (Fsp3) is 1.00. The summed E-state index contributed by atoms with van der Waals surface area (Å²) in [4.78, 5) is 23.1. The Morgan fingerprint density at radius 2 is 0.355 bits per heavy atom. The minimum atomic E-state index is 0.934. The van der Waals surface area contributed by atoms with Crippen LogP contribution in [0.3, 0.4) is 0 Å². The lowest BCUT2D eigenvalue weighted by atomic mass is 10.6. The van der Waals surface area contributed by atoms with Crippen molar-refractivity contribution in [2.75, 3.05) is 145 Å². The molecule has 31 heavy (non-hydrogen) atoms. The van der Waals surface area contributed by atoms with Crippen LogP contribution in [-0.2, 0) is 0 Å². The van der Waals surface area contributed by atoms with E-state index in [9.17, 15) is 0 Å². The van der Waals surface area contributed by atoms with Crippen LogP contribution in [0.15, 0.2) is 0 Å². The molecule has 10 heteroatoms. The molecule has 0 N–H and O–H groups in total. The van der Waals surface area contributed by atoms with E-state index in [1.165, 1.54) is 0 Å². The fourth-order valence-electron chi connectivity index (χ4n) is 4.21. The van der Waals surface area contributed by atoms with Crippen LogP contribution in [0.5, 0.6) is 0 Å². The molecule has 188 valence electrons. The third kappa shape index (κ3) is 17.8. The van der Waals surface area contributed by atoms with Crippen molar-refractivity contribution >= 4 is 0 Å². The molecule has 0 saturated carbocycles. The molecule has 0 spiro atoms. The third-order valence-electron chi connectivity index (χ3n) is 4.43. The Bertz CT molecular complexity index is 398. The Balaban J connectivity index is 4.16. The first-order valence-electron chi connectivity index (χ1n) is 11.1. The number of nitrogens with zero attached hydrogens (tertiary/aromatic N) is 10. The van der Waals surface area contributed by atoms with Crippen LogP contribution in [0.4, 0.5) is 0 Å². The number of rotatable bonds is 18. The molecule has 0 aromatic heterocycles. The molecule has 0 aromatic rings. The third-order valence-corrected chi connectivity index (χ3v) is 4.43. The van der Waals surface area contributed by atoms with Gasteiger partial charge >= 0.3 is 0 Å². The monoisotopic (exact) mass is 446 g/mol. The molecule has 0 rings (SSSR count). The van der Waals surface area contributed by atoms with Crippen LogP contribution in [0.2, 0.25) is 0 Å². The Morgan fingerprint density at radius 3 is 0.484 bits per heavy atom.